The van der Waals surface area contributed by atoms with Gasteiger partial charge in [0.1, 0.15) is 5.76 Å². The van der Waals surface area contributed by atoms with Crippen LogP contribution in [0.5, 0.6) is 0 Å². The number of para-hydroxylation sites is 1. The van der Waals surface area contributed by atoms with E-state index >= 15 is 0 Å². The largest absolute Gasteiger partial charge is 0.467 e. The summed E-state index contributed by atoms with van der Waals surface area (Å²) in [5, 5.41) is 11.1. The quantitative estimate of drug-likeness (QED) is 0.482. The van der Waals surface area contributed by atoms with Crippen LogP contribution < -0.4 is 5.32 Å². The van der Waals surface area contributed by atoms with Crippen LogP contribution in [0.15, 0.2) is 81.8 Å². The molecule has 0 amide bonds. The Morgan fingerprint density at radius 2 is 1.79 bits per heavy atom. The molecular formula is C21H17N3O4. The molecule has 2 heterocycles. The van der Waals surface area contributed by atoms with E-state index in [0.717, 1.165) is 11.3 Å². The number of carbonyl (C=O) groups excluding carboxylic acids is 1. The minimum Gasteiger partial charge on any atom is -0.467 e. The molecule has 0 aliphatic rings. The van der Waals surface area contributed by atoms with Crippen molar-refractivity contribution in [1.82, 2.24) is 10.2 Å². The molecule has 1 N–H and O–H groups in total. The number of hydrogen-bond donors (Lipinski definition) is 1. The van der Waals surface area contributed by atoms with Crippen LogP contribution in [0.2, 0.25) is 0 Å². The summed E-state index contributed by atoms with van der Waals surface area (Å²) >= 11 is 0. The Bertz CT molecular complexity index is 1040. The molecule has 0 aliphatic heterocycles. The lowest BCUT2D eigenvalue weighted by Gasteiger charge is -2.10. The Morgan fingerprint density at radius 1 is 0.964 bits per heavy atom. The molecule has 2 aromatic heterocycles. The van der Waals surface area contributed by atoms with Gasteiger partial charge in [-0.2, -0.15) is 0 Å². The fourth-order valence-corrected chi connectivity index (χ4v) is 2.63. The van der Waals surface area contributed by atoms with E-state index in [9.17, 15) is 4.79 Å². The van der Waals surface area contributed by atoms with Crippen molar-refractivity contribution in [2.24, 2.45) is 0 Å². The molecule has 0 unspecified atom stereocenters. The zero-order valence-electron chi connectivity index (χ0n) is 14.9. The molecule has 140 valence electrons. The first-order valence-corrected chi connectivity index (χ1v) is 8.70. The number of hydrogen-bond acceptors (Lipinski definition) is 7. The van der Waals surface area contributed by atoms with Crippen molar-refractivity contribution in [1.29, 1.82) is 0 Å². The van der Waals surface area contributed by atoms with E-state index in [1.165, 1.54) is 0 Å². The van der Waals surface area contributed by atoms with Gasteiger partial charge in [-0.25, -0.2) is 4.79 Å². The second-order valence-electron chi connectivity index (χ2n) is 5.92. The van der Waals surface area contributed by atoms with E-state index in [-0.39, 0.29) is 12.5 Å². The highest BCUT2D eigenvalue weighted by molar-refractivity contribution is 5.95. The second-order valence-corrected chi connectivity index (χ2v) is 5.92. The van der Waals surface area contributed by atoms with Gasteiger partial charge in [0.2, 0.25) is 5.89 Å². The van der Waals surface area contributed by atoms with Gasteiger partial charge >= 0.3 is 5.97 Å². The molecular weight excluding hydrogens is 358 g/mol. The fourth-order valence-electron chi connectivity index (χ4n) is 2.63. The average molecular weight is 375 g/mol. The summed E-state index contributed by atoms with van der Waals surface area (Å²) in [7, 11) is 0. The lowest BCUT2D eigenvalue weighted by atomic mass is 10.2. The van der Waals surface area contributed by atoms with Gasteiger partial charge in [-0.05, 0) is 36.4 Å². The van der Waals surface area contributed by atoms with Gasteiger partial charge in [0, 0.05) is 11.3 Å². The Balaban J connectivity index is 1.40. The topological polar surface area (TPSA) is 90.4 Å². The third kappa shape index (κ3) is 4.09. The summed E-state index contributed by atoms with van der Waals surface area (Å²) in [5.74, 6) is 0.893. The predicted molar refractivity (Wildman–Crippen MR) is 101 cm³/mol. The monoisotopic (exact) mass is 375 g/mol. The smallest absolute Gasteiger partial charge is 0.340 e. The minimum absolute atomic E-state index is 0.106. The summed E-state index contributed by atoms with van der Waals surface area (Å²) < 4.78 is 16.2. The van der Waals surface area contributed by atoms with E-state index in [1.54, 1.807) is 24.5 Å². The van der Waals surface area contributed by atoms with E-state index in [0.29, 0.717) is 23.7 Å². The van der Waals surface area contributed by atoms with Crippen LogP contribution in [0.4, 0.5) is 5.69 Å². The number of esters is 1. The van der Waals surface area contributed by atoms with E-state index in [4.69, 9.17) is 13.6 Å². The molecule has 7 heteroatoms. The van der Waals surface area contributed by atoms with Crippen molar-refractivity contribution < 1.29 is 18.4 Å². The van der Waals surface area contributed by atoms with Gasteiger partial charge in [-0.1, -0.05) is 30.3 Å². The van der Waals surface area contributed by atoms with Crippen molar-refractivity contribution >= 4 is 11.7 Å². The number of rotatable bonds is 7. The number of aromatic nitrogens is 2. The van der Waals surface area contributed by atoms with E-state index in [1.807, 2.05) is 48.5 Å². The molecule has 0 bridgehead atoms. The lowest BCUT2D eigenvalue weighted by Crippen LogP contribution is -2.10. The van der Waals surface area contributed by atoms with Crippen LogP contribution in [0.1, 0.15) is 22.0 Å². The van der Waals surface area contributed by atoms with Crippen LogP contribution in [0.3, 0.4) is 0 Å². The van der Waals surface area contributed by atoms with Crippen molar-refractivity contribution in [2.75, 3.05) is 5.32 Å². The Morgan fingerprint density at radius 3 is 2.61 bits per heavy atom. The van der Waals surface area contributed by atoms with Crippen molar-refractivity contribution in [3.8, 4) is 11.5 Å². The molecule has 0 atom stereocenters. The number of ether oxygens (including phenoxy) is 1. The third-order valence-electron chi connectivity index (χ3n) is 3.99. The summed E-state index contributed by atoms with van der Waals surface area (Å²) in [6.07, 6.45) is 1.60. The van der Waals surface area contributed by atoms with Gasteiger partial charge < -0.3 is 18.9 Å². The summed E-state index contributed by atoms with van der Waals surface area (Å²) in [4.78, 5) is 12.5. The fraction of sp³-hybridized carbons (Fsp3) is 0.0952. The molecule has 0 saturated carbocycles. The van der Waals surface area contributed by atoms with Crippen LogP contribution >= 0.6 is 0 Å². The van der Waals surface area contributed by atoms with Gasteiger partial charge in [0.05, 0.1) is 18.4 Å². The number of nitrogens with zero attached hydrogens (tertiary/aromatic N) is 2. The van der Waals surface area contributed by atoms with Crippen LogP contribution in [0.25, 0.3) is 11.5 Å². The first-order chi connectivity index (χ1) is 13.8. The average Bonchev–Trinajstić information content (AvgIpc) is 3.43. The Hall–Kier alpha value is -3.87. The molecule has 7 nitrogen and oxygen atoms in total. The molecule has 0 saturated heterocycles. The highest BCUT2D eigenvalue weighted by Gasteiger charge is 2.15. The zero-order chi connectivity index (χ0) is 19.2. The molecule has 0 fully saturated rings. The maximum absolute atomic E-state index is 12.5. The van der Waals surface area contributed by atoms with E-state index in [2.05, 4.69) is 15.5 Å². The third-order valence-corrected chi connectivity index (χ3v) is 3.99. The molecule has 2 aromatic carbocycles. The van der Waals surface area contributed by atoms with Crippen LogP contribution in [-0.2, 0) is 17.9 Å². The van der Waals surface area contributed by atoms with Crippen LogP contribution in [0, 0.1) is 0 Å². The zero-order valence-corrected chi connectivity index (χ0v) is 14.9. The summed E-state index contributed by atoms with van der Waals surface area (Å²) in [5.41, 5.74) is 1.87. The normalized spacial score (nSPS) is 10.6. The number of nitrogens with one attached hydrogen (secondary N) is 1. The molecule has 28 heavy (non-hydrogen) atoms. The highest BCUT2D eigenvalue weighted by atomic mass is 16.5. The SMILES string of the molecule is O=C(OCc1nnc(-c2ccccc2)o1)c1ccccc1NCc1ccco1. The number of anilines is 1. The minimum atomic E-state index is -0.484. The molecule has 0 radical (unpaired) electrons. The molecule has 4 aromatic rings. The van der Waals surface area contributed by atoms with Gasteiger partial charge in [-0.3, -0.25) is 0 Å². The maximum Gasteiger partial charge on any atom is 0.340 e. The van der Waals surface area contributed by atoms with Gasteiger partial charge in [0.25, 0.3) is 5.89 Å². The van der Waals surface area contributed by atoms with E-state index < -0.39 is 5.97 Å². The van der Waals surface area contributed by atoms with Gasteiger partial charge in [0.15, 0.2) is 6.61 Å². The molecule has 0 aliphatic carbocycles. The van der Waals surface area contributed by atoms with Gasteiger partial charge in [-0.15, -0.1) is 10.2 Å². The highest BCUT2D eigenvalue weighted by Crippen LogP contribution is 2.20. The standard InChI is InChI=1S/C21H17N3O4/c25-21(17-10-4-5-11-18(17)22-13-16-9-6-12-26-16)27-14-19-23-24-20(28-19)15-7-2-1-3-8-15/h1-12,22H,13-14H2. The number of furan rings is 1. The number of carbonyl (C=O) groups is 1. The van der Waals surface area contributed by atoms with Crippen LogP contribution in [-0.4, -0.2) is 16.2 Å². The predicted octanol–water partition coefficient (Wildman–Crippen LogP) is 4.30. The Kier molecular flexibility index (Phi) is 5.15. The summed E-state index contributed by atoms with van der Waals surface area (Å²) in [6, 6.07) is 20.2. The molecule has 0 spiro atoms. The van der Waals surface area contributed by atoms with Crippen molar-refractivity contribution in [3.63, 3.8) is 0 Å². The number of benzene rings is 2. The maximum atomic E-state index is 12.5. The van der Waals surface area contributed by atoms with Crippen molar-refractivity contribution in [3.05, 3.63) is 90.2 Å². The first-order valence-electron chi connectivity index (χ1n) is 8.70. The Labute approximate surface area is 161 Å². The second kappa shape index (κ2) is 8.22. The molecule has 4 rings (SSSR count). The summed E-state index contributed by atoms with van der Waals surface area (Å²) in [6.45, 7) is 0.354. The van der Waals surface area contributed by atoms with Crippen molar-refractivity contribution in [2.45, 2.75) is 13.2 Å². The lowest BCUT2D eigenvalue weighted by molar-refractivity contribution is 0.0440. The first kappa shape index (κ1) is 17.5.